The first kappa shape index (κ1) is 19.4. The minimum Gasteiger partial charge on any atom is -0.396 e. The lowest BCUT2D eigenvalue weighted by atomic mass is 9.73. The highest BCUT2D eigenvalue weighted by Crippen LogP contribution is 2.35. The first-order valence-corrected chi connectivity index (χ1v) is 8.68. The van der Waals surface area contributed by atoms with Gasteiger partial charge in [-0.25, -0.2) is 4.39 Å². The molecule has 1 aromatic rings. The van der Waals surface area contributed by atoms with Crippen molar-refractivity contribution in [1.82, 2.24) is 4.90 Å². The van der Waals surface area contributed by atoms with Gasteiger partial charge in [0.2, 0.25) is 5.91 Å². The molecule has 25 heavy (non-hydrogen) atoms. The van der Waals surface area contributed by atoms with Gasteiger partial charge in [0.05, 0.1) is 17.1 Å². The number of carbonyl (C=O) groups is 2. The molecule has 0 bridgehead atoms. The molecule has 2 N–H and O–H groups in total. The molecule has 2 rings (SSSR count). The van der Waals surface area contributed by atoms with Gasteiger partial charge in [-0.3, -0.25) is 9.59 Å². The molecule has 1 amide bonds. The molecule has 0 aromatic heterocycles. The number of amides is 1. The van der Waals surface area contributed by atoms with E-state index in [1.54, 1.807) is 24.1 Å². The topological polar surface area (TPSA) is 63.4 Å². The summed E-state index contributed by atoms with van der Waals surface area (Å²) in [6, 6.07) is 4.39. The molecule has 0 radical (unpaired) electrons. The third kappa shape index (κ3) is 4.82. The number of ketones is 1. The Morgan fingerprint density at radius 1 is 1.44 bits per heavy atom. The third-order valence-corrected chi connectivity index (χ3v) is 4.97. The molecule has 0 aliphatic heterocycles. The van der Waals surface area contributed by atoms with Crippen LogP contribution in [0.25, 0.3) is 0 Å². The van der Waals surface area contributed by atoms with Crippen molar-refractivity contribution >= 4 is 23.3 Å². The summed E-state index contributed by atoms with van der Waals surface area (Å²) < 4.78 is 13.5. The van der Waals surface area contributed by atoms with E-state index < -0.39 is 11.2 Å². The Balaban J connectivity index is 1.91. The molecular formula is C19H24ClFN2O2. The zero-order valence-corrected chi connectivity index (χ0v) is 15.6. The highest BCUT2D eigenvalue weighted by Gasteiger charge is 2.35. The van der Waals surface area contributed by atoms with Crippen molar-refractivity contribution in [1.29, 1.82) is 0 Å². The van der Waals surface area contributed by atoms with Crippen LogP contribution in [0.15, 0.2) is 30.0 Å². The summed E-state index contributed by atoms with van der Waals surface area (Å²) in [6.07, 6.45) is 3.38. The minimum atomic E-state index is -0.524. The maximum atomic E-state index is 13.5. The fraction of sp³-hybridized carbons (Fsp3) is 0.474. The molecule has 1 aliphatic rings. The largest absolute Gasteiger partial charge is 0.396 e. The van der Waals surface area contributed by atoms with Crippen LogP contribution < -0.4 is 5.73 Å². The molecule has 1 atom stereocenters. The van der Waals surface area contributed by atoms with Gasteiger partial charge >= 0.3 is 0 Å². The monoisotopic (exact) mass is 366 g/mol. The molecule has 1 unspecified atom stereocenters. The van der Waals surface area contributed by atoms with Crippen LogP contribution in [0.5, 0.6) is 0 Å². The normalized spacial score (nSPS) is 19.5. The van der Waals surface area contributed by atoms with Crippen LogP contribution in [0.4, 0.5) is 4.39 Å². The van der Waals surface area contributed by atoms with E-state index in [1.165, 1.54) is 12.1 Å². The molecule has 1 aliphatic carbocycles. The van der Waals surface area contributed by atoms with E-state index in [-0.39, 0.29) is 29.1 Å². The van der Waals surface area contributed by atoms with E-state index >= 15 is 0 Å². The van der Waals surface area contributed by atoms with Crippen LogP contribution in [0.1, 0.15) is 32.3 Å². The van der Waals surface area contributed by atoms with Crippen LogP contribution in [0, 0.1) is 17.2 Å². The van der Waals surface area contributed by atoms with E-state index in [0.717, 1.165) is 12.8 Å². The summed E-state index contributed by atoms with van der Waals surface area (Å²) in [4.78, 5) is 25.9. The average Bonchev–Trinajstić information content (AvgIpc) is 2.53. The Hall–Kier alpha value is -1.88. The maximum absolute atomic E-state index is 13.5. The van der Waals surface area contributed by atoms with E-state index in [1.807, 2.05) is 13.8 Å². The fourth-order valence-corrected chi connectivity index (χ4v) is 3.27. The lowest BCUT2D eigenvalue weighted by Crippen LogP contribution is -2.37. The standard InChI is InChI=1S/C19H24ClFN2O2/c1-19(2)11-13(9-16(22)18(19)25)6-7-23(3)17(24)10-12-4-5-14(20)15(21)8-12/h4-5,8-9,13H,6-7,10-11,22H2,1-3H3. The zero-order chi connectivity index (χ0) is 18.8. The van der Waals surface area contributed by atoms with E-state index in [9.17, 15) is 14.0 Å². The Morgan fingerprint density at radius 2 is 2.12 bits per heavy atom. The predicted molar refractivity (Wildman–Crippen MR) is 96.5 cm³/mol. The number of hydrogen-bond acceptors (Lipinski definition) is 3. The summed E-state index contributed by atoms with van der Waals surface area (Å²) >= 11 is 5.65. The highest BCUT2D eigenvalue weighted by molar-refractivity contribution is 6.30. The lowest BCUT2D eigenvalue weighted by molar-refractivity contribution is -0.129. The van der Waals surface area contributed by atoms with Crippen molar-refractivity contribution in [3.63, 3.8) is 0 Å². The summed E-state index contributed by atoms with van der Waals surface area (Å²) in [7, 11) is 1.72. The van der Waals surface area contributed by atoms with Gasteiger partial charge in [0.25, 0.3) is 0 Å². The second-order valence-corrected chi connectivity index (χ2v) is 7.74. The Kier molecular flexibility index (Phi) is 5.88. The van der Waals surface area contributed by atoms with Crippen LogP contribution in [0.3, 0.4) is 0 Å². The van der Waals surface area contributed by atoms with E-state index in [0.29, 0.717) is 17.8 Å². The quantitative estimate of drug-likeness (QED) is 0.869. The Labute approximate surface area is 152 Å². The summed E-state index contributed by atoms with van der Waals surface area (Å²) in [5.41, 5.74) is 6.26. The number of halogens is 2. The zero-order valence-electron chi connectivity index (χ0n) is 14.8. The second kappa shape index (κ2) is 7.56. The second-order valence-electron chi connectivity index (χ2n) is 7.33. The molecule has 0 fully saturated rings. The smallest absolute Gasteiger partial charge is 0.226 e. The molecule has 136 valence electrons. The molecule has 0 saturated carbocycles. The third-order valence-electron chi connectivity index (χ3n) is 4.67. The molecular weight excluding hydrogens is 343 g/mol. The van der Waals surface area contributed by atoms with E-state index in [2.05, 4.69) is 0 Å². The number of allylic oxidation sites excluding steroid dienone is 2. The molecule has 1 aromatic carbocycles. The van der Waals surface area contributed by atoms with Gasteiger partial charge in [0, 0.05) is 19.0 Å². The Morgan fingerprint density at radius 3 is 2.72 bits per heavy atom. The lowest BCUT2D eigenvalue weighted by Gasteiger charge is -2.32. The number of nitrogens with two attached hydrogens (primary N) is 1. The number of nitrogens with zero attached hydrogens (tertiary/aromatic N) is 1. The van der Waals surface area contributed by atoms with Crippen LogP contribution in [-0.4, -0.2) is 30.2 Å². The number of hydrogen-bond donors (Lipinski definition) is 1. The summed E-state index contributed by atoms with van der Waals surface area (Å²) in [5, 5.41) is 0.0448. The van der Waals surface area contributed by atoms with Crippen molar-refractivity contribution in [2.24, 2.45) is 17.1 Å². The average molecular weight is 367 g/mol. The molecule has 0 saturated heterocycles. The molecule has 4 nitrogen and oxygen atoms in total. The van der Waals surface area contributed by atoms with Crippen LogP contribution in [-0.2, 0) is 16.0 Å². The molecule has 0 spiro atoms. The van der Waals surface area contributed by atoms with Crippen molar-refractivity contribution in [2.75, 3.05) is 13.6 Å². The van der Waals surface area contributed by atoms with Gasteiger partial charge in [-0.1, -0.05) is 37.6 Å². The highest BCUT2D eigenvalue weighted by atomic mass is 35.5. The first-order chi connectivity index (χ1) is 11.6. The van der Waals surface area contributed by atoms with Gasteiger partial charge in [0.15, 0.2) is 5.78 Å². The van der Waals surface area contributed by atoms with Crippen molar-refractivity contribution in [3.8, 4) is 0 Å². The summed E-state index contributed by atoms with van der Waals surface area (Å²) in [5.74, 6) is -0.469. The summed E-state index contributed by atoms with van der Waals surface area (Å²) in [6.45, 7) is 4.34. The number of benzene rings is 1. The SMILES string of the molecule is CN(CCC1C=C(N)C(=O)C(C)(C)C1)C(=O)Cc1ccc(Cl)c(F)c1. The van der Waals surface area contributed by atoms with Crippen LogP contribution in [0.2, 0.25) is 5.02 Å². The number of rotatable bonds is 5. The first-order valence-electron chi connectivity index (χ1n) is 8.30. The number of carbonyl (C=O) groups excluding carboxylic acids is 2. The maximum Gasteiger partial charge on any atom is 0.226 e. The van der Waals surface area contributed by atoms with Crippen molar-refractivity contribution < 1.29 is 14.0 Å². The van der Waals surface area contributed by atoms with Gasteiger partial charge in [0.1, 0.15) is 5.82 Å². The Bertz CT molecular complexity index is 715. The van der Waals surface area contributed by atoms with Gasteiger partial charge in [-0.2, -0.15) is 0 Å². The molecule has 6 heteroatoms. The predicted octanol–water partition coefficient (Wildman–Crippen LogP) is 3.33. The fourth-order valence-electron chi connectivity index (χ4n) is 3.16. The van der Waals surface area contributed by atoms with Gasteiger partial charge in [-0.15, -0.1) is 0 Å². The van der Waals surface area contributed by atoms with Gasteiger partial charge in [-0.05, 0) is 36.5 Å². The number of likely N-dealkylation sites (N-methyl/N-ethyl adjacent to an activating group) is 1. The van der Waals surface area contributed by atoms with Gasteiger partial charge < -0.3 is 10.6 Å². The van der Waals surface area contributed by atoms with E-state index in [4.69, 9.17) is 17.3 Å². The van der Waals surface area contributed by atoms with Crippen molar-refractivity contribution in [2.45, 2.75) is 33.1 Å². The van der Waals surface area contributed by atoms with Crippen LogP contribution >= 0.6 is 11.6 Å². The van der Waals surface area contributed by atoms with Crippen molar-refractivity contribution in [3.05, 3.63) is 46.4 Å². The molecule has 0 heterocycles. The number of Topliss-reactive ketones (excluding diaryl/α,β-unsaturated/α-hetero) is 1. The minimum absolute atomic E-state index is 0.0158.